The summed E-state index contributed by atoms with van der Waals surface area (Å²) >= 11 is 1.64. The van der Waals surface area contributed by atoms with Gasteiger partial charge in [0, 0.05) is 42.1 Å². The lowest BCUT2D eigenvalue weighted by atomic mass is 10.1. The summed E-state index contributed by atoms with van der Waals surface area (Å²) in [6.45, 7) is 6.24. The van der Waals surface area contributed by atoms with Crippen LogP contribution >= 0.6 is 11.3 Å². The normalized spacial score (nSPS) is 13.9. The highest BCUT2D eigenvalue weighted by atomic mass is 32.1. The number of carbonyl (C=O) groups excluding carboxylic acids is 1. The number of benzene rings is 3. The van der Waals surface area contributed by atoms with Crippen molar-refractivity contribution in [2.24, 2.45) is 0 Å². The zero-order chi connectivity index (χ0) is 26.6. The summed E-state index contributed by atoms with van der Waals surface area (Å²) in [6.07, 6.45) is 0. The molecule has 0 unspecified atom stereocenters. The average Bonchev–Trinajstić information content (AvgIpc) is 3.44. The van der Waals surface area contributed by atoms with Gasteiger partial charge in [0.2, 0.25) is 5.95 Å². The predicted molar refractivity (Wildman–Crippen MR) is 158 cm³/mol. The van der Waals surface area contributed by atoms with Crippen molar-refractivity contribution in [2.75, 3.05) is 36.9 Å². The first-order chi connectivity index (χ1) is 19.1. The molecule has 1 aliphatic rings. The largest absolute Gasteiger partial charge is 0.379 e. The van der Waals surface area contributed by atoms with Gasteiger partial charge in [-0.2, -0.15) is 0 Å². The first kappa shape index (κ1) is 25.2. The average molecular weight is 536 g/mol. The molecule has 39 heavy (non-hydrogen) atoms. The lowest BCUT2D eigenvalue weighted by molar-refractivity contribution is 0.0342. The molecule has 1 saturated heterocycles. The second kappa shape index (κ2) is 11.3. The molecule has 3 aromatic carbocycles. The molecule has 0 radical (unpaired) electrons. The van der Waals surface area contributed by atoms with Crippen molar-refractivity contribution in [3.8, 4) is 11.3 Å². The molecule has 7 nitrogen and oxygen atoms in total. The number of carbonyl (C=O) groups is 1. The highest BCUT2D eigenvalue weighted by Crippen LogP contribution is 2.31. The molecule has 0 atom stereocenters. The number of nitrogens with one attached hydrogen (secondary N) is 2. The predicted octanol–water partition coefficient (Wildman–Crippen LogP) is 6.49. The van der Waals surface area contributed by atoms with Crippen LogP contribution in [0.1, 0.15) is 21.5 Å². The van der Waals surface area contributed by atoms with E-state index in [4.69, 9.17) is 9.72 Å². The minimum Gasteiger partial charge on any atom is -0.379 e. The molecule has 0 spiro atoms. The monoisotopic (exact) mass is 535 g/mol. The van der Waals surface area contributed by atoms with Crippen molar-refractivity contribution in [2.45, 2.75) is 13.5 Å². The second-order valence-electron chi connectivity index (χ2n) is 9.59. The number of thiophene rings is 1. The molecule has 0 saturated carbocycles. The number of amides is 1. The number of morpholine rings is 1. The number of fused-ring (bicyclic) bond motifs is 1. The molecule has 2 aromatic heterocycles. The molecule has 0 bridgehead atoms. The first-order valence-electron chi connectivity index (χ1n) is 13.0. The van der Waals surface area contributed by atoms with Gasteiger partial charge in [-0.1, -0.05) is 42.5 Å². The van der Waals surface area contributed by atoms with E-state index in [9.17, 15) is 4.79 Å². The van der Waals surface area contributed by atoms with Crippen LogP contribution in [0.15, 0.2) is 84.2 Å². The number of hydrogen-bond acceptors (Lipinski definition) is 7. The van der Waals surface area contributed by atoms with E-state index >= 15 is 0 Å². The Balaban J connectivity index is 1.16. The molecular formula is C31H29N5O2S. The summed E-state index contributed by atoms with van der Waals surface area (Å²) in [5, 5.41) is 8.43. The van der Waals surface area contributed by atoms with Crippen molar-refractivity contribution < 1.29 is 9.53 Å². The Morgan fingerprint density at radius 1 is 0.974 bits per heavy atom. The van der Waals surface area contributed by atoms with Gasteiger partial charge >= 0.3 is 0 Å². The quantitative estimate of drug-likeness (QED) is 0.248. The molecule has 1 amide bonds. The van der Waals surface area contributed by atoms with Gasteiger partial charge in [-0.05, 0) is 59.8 Å². The van der Waals surface area contributed by atoms with E-state index in [0.717, 1.165) is 71.3 Å². The van der Waals surface area contributed by atoms with Crippen LogP contribution in [0.2, 0.25) is 0 Å². The smallest absolute Gasteiger partial charge is 0.255 e. The molecule has 8 heteroatoms. The lowest BCUT2D eigenvalue weighted by Crippen LogP contribution is -2.35. The van der Waals surface area contributed by atoms with Gasteiger partial charge in [0.25, 0.3) is 5.91 Å². The Morgan fingerprint density at radius 2 is 1.77 bits per heavy atom. The number of hydrogen-bond donors (Lipinski definition) is 2. The van der Waals surface area contributed by atoms with Gasteiger partial charge in [0.15, 0.2) is 0 Å². The summed E-state index contributed by atoms with van der Waals surface area (Å²) in [5.74, 6) is 0.375. The third-order valence-corrected chi connectivity index (χ3v) is 7.72. The van der Waals surface area contributed by atoms with Crippen LogP contribution in [0, 0.1) is 6.92 Å². The maximum Gasteiger partial charge on any atom is 0.255 e. The Hall–Kier alpha value is -4.11. The van der Waals surface area contributed by atoms with E-state index in [2.05, 4.69) is 50.8 Å². The fraction of sp³-hybridized carbons (Fsp3) is 0.194. The molecule has 5 aromatic rings. The highest BCUT2D eigenvalue weighted by Gasteiger charge is 2.14. The second-order valence-corrected chi connectivity index (χ2v) is 10.5. The van der Waals surface area contributed by atoms with Crippen LogP contribution in [0.5, 0.6) is 0 Å². The number of anilines is 3. The van der Waals surface area contributed by atoms with Crippen LogP contribution in [-0.2, 0) is 11.3 Å². The Labute approximate surface area is 231 Å². The molecule has 3 heterocycles. The van der Waals surface area contributed by atoms with Crippen molar-refractivity contribution in [3.05, 3.63) is 101 Å². The SMILES string of the molecule is Cc1ccc(CN2CCOCC2)cc1NC(=O)c1ccc(Nc2nc(-c3ccccc3)c3sccc3n2)cc1. The minimum absolute atomic E-state index is 0.143. The lowest BCUT2D eigenvalue weighted by Gasteiger charge is -2.26. The van der Waals surface area contributed by atoms with Crippen molar-refractivity contribution >= 4 is 44.8 Å². The molecule has 196 valence electrons. The summed E-state index contributed by atoms with van der Waals surface area (Å²) in [6, 6.07) is 25.8. The van der Waals surface area contributed by atoms with Crippen molar-refractivity contribution in [1.82, 2.24) is 14.9 Å². The summed E-state index contributed by atoms with van der Waals surface area (Å²) < 4.78 is 6.51. The van der Waals surface area contributed by atoms with Gasteiger partial charge < -0.3 is 15.4 Å². The first-order valence-corrected chi connectivity index (χ1v) is 13.9. The fourth-order valence-corrected chi connectivity index (χ4v) is 5.50. The topological polar surface area (TPSA) is 79.4 Å². The Kier molecular flexibility index (Phi) is 7.31. The number of rotatable bonds is 7. The van der Waals surface area contributed by atoms with Crippen LogP contribution in [0.3, 0.4) is 0 Å². The summed E-state index contributed by atoms with van der Waals surface area (Å²) in [7, 11) is 0. The van der Waals surface area contributed by atoms with Crippen molar-refractivity contribution in [3.63, 3.8) is 0 Å². The standard InChI is InChI=1S/C31H29N5O2S/c1-21-7-8-22(20-36-14-16-38-17-15-36)19-27(21)33-30(37)24-9-11-25(12-10-24)32-31-34-26-13-18-39-29(26)28(35-31)23-5-3-2-4-6-23/h2-13,18-19H,14-17,20H2,1H3,(H,33,37)(H,32,34,35). The van der Waals surface area contributed by atoms with E-state index in [1.807, 2.05) is 60.8 Å². The van der Waals surface area contributed by atoms with E-state index in [1.165, 1.54) is 5.56 Å². The van der Waals surface area contributed by atoms with E-state index in [1.54, 1.807) is 11.3 Å². The Morgan fingerprint density at radius 3 is 2.56 bits per heavy atom. The zero-order valence-corrected chi connectivity index (χ0v) is 22.5. The summed E-state index contributed by atoms with van der Waals surface area (Å²) in [5.41, 5.74) is 7.28. The fourth-order valence-electron chi connectivity index (χ4n) is 4.66. The van der Waals surface area contributed by atoms with Crippen LogP contribution in [0.25, 0.3) is 21.5 Å². The van der Waals surface area contributed by atoms with Gasteiger partial charge in [-0.15, -0.1) is 11.3 Å². The molecule has 1 fully saturated rings. The molecular weight excluding hydrogens is 506 g/mol. The molecule has 1 aliphatic heterocycles. The van der Waals surface area contributed by atoms with Crippen LogP contribution < -0.4 is 10.6 Å². The summed E-state index contributed by atoms with van der Waals surface area (Å²) in [4.78, 5) is 24.9. The van der Waals surface area contributed by atoms with Crippen LogP contribution in [-0.4, -0.2) is 47.1 Å². The van der Waals surface area contributed by atoms with Gasteiger partial charge in [0.1, 0.15) is 0 Å². The Bertz CT molecular complexity index is 1600. The van der Waals surface area contributed by atoms with E-state index < -0.39 is 0 Å². The number of nitrogens with zero attached hydrogens (tertiary/aromatic N) is 3. The third kappa shape index (κ3) is 5.83. The molecule has 2 N–H and O–H groups in total. The number of aromatic nitrogens is 2. The molecule has 0 aliphatic carbocycles. The van der Waals surface area contributed by atoms with E-state index in [-0.39, 0.29) is 5.91 Å². The molecule has 6 rings (SSSR count). The highest BCUT2D eigenvalue weighted by molar-refractivity contribution is 7.17. The zero-order valence-electron chi connectivity index (χ0n) is 21.7. The third-order valence-electron chi connectivity index (χ3n) is 6.81. The van der Waals surface area contributed by atoms with E-state index in [0.29, 0.717) is 11.5 Å². The number of aryl methyl sites for hydroxylation is 1. The van der Waals surface area contributed by atoms with Gasteiger partial charge in [-0.25, -0.2) is 9.97 Å². The number of ether oxygens (including phenoxy) is 1. The van der Waals surface area contributed by atoms with Crippen molar-refractivity contribution in [1.29, 1.82) is 0 Å². The van der Waals surface area contributed by atoms with Gasteiger partial charge in [-0.3, -0.25) is 9.69 Å². The maximum absolute atomic E-state index is 13.1. The van der Waals surface area contributed by atoms with Crippen LogP contribution in [0.4, 0.5) is 17.3 Å². The van der Waals surface area contributed by atoms with Gasteiger partial charge in [0.05, 0.1) is 29.1 Å². The maximum atomic E-state index is 13.1. The minimum atomic E-state index is -0.143.